The lowest BCUT2D eigenvalue weighted by molar-refractivity contribution is -0.136. The van der Waals surface area contributed by atoms with Crippen molar-refractivity contribution in [3.63, 3.8) is 0 Å². The molecule has 2 rings (SSSR count). The van der Waals surface area contributed by atoms with Crippen molar-refractivity contribution < 1.29 is 14.3 Å². The summed E-state index contributed by atoms with van der Waals surface area (Å²) in [6.45, 7) is 7.60. The number of hydrogen-bond acceptors (Lipinski definition) is 4. The second kappa shape index (κ2) is 8.68. The molecule has 1 aliphatic rings. The highest BCUT2D eigenvalue weighted by molar-refractivity contribution is 5.79. The minimum absolute atomic E-state index is 0.00875. The Morgan fingerprint density at radius 1 is 1.12 bits per heavy atom. The van der Waals surface area contributed by atoms with Gasteiger partial charge >= 0.3 is 0 Å². The monoisotopic (exact) mass is 333 g/mol. The number of benzene rings is 1. The third-order valence-electron chi connectivity index (χ3n) is 4.19. The van der Waals surface area contributed by atoms with Gasteiger partial charge in [-0.3, -0.25) is 14.5 Å². The van der Waals surface area contributed by atoms with E-state index in [4.69, 9.17) is 4.74 Å². The van der Waals surface area contributed by atoms with Crippen molar-refractivity contribution in [2.45, 2.75) is 20.4 Å². The summed E-state index contributed by atoms with van der Waals surface area (Å²) in [5.41, 5.74) is 1.04. The summed E-state index contributed by atoms with van der Waals surface area (Å²) in [6, 6.07) is 7.64. The van der Waals surface area contributed by atoms with E-state index in [9.17, 15) is 9.59 Å². The van der Waals surface area contributed by atoms with E-state index in [1.54, 1.807) is 7.11 Å². The van der Waals surface area contributed by atoms with Crippen LogP contribution in [-0.4, -0.2) is 61.4 Å². The van der Waals surface area contributed by atoms with Gasteiger partial charge in [-0.2, -0.15) is 0 Å². The number of carbonyl (C=O) groups excluding carboxylic acids is 2. The molecule has 0 radical (unpaired) electrons. The van der Waals surface area contributed by atoms with Crippen molar-refractivity contribution >= 4 is 11.8 Å². The molecule has 6 nitrogen and oxygen atoms in total. The Kier molecular flexibility index (Phi) is 6.61. The van der Waals surface area contributed by atoms with E-state index in [2.05, 4.69) is 10.2 Å². The standard InChI is InChI=1S/C18H27N3O3/c1-14(2)18(23)21-10-8-20(9-11-21)13-17(22)19-12-15-4-6-16(24-3)7-5-15/h4-7,14H,8-13H2,1-3H3,(H,19,22). The molecule has 1 aliphatic heterocycles. The van der Waals surface area contributed by atoms with Gasteiger partial charge in [0.25, 0.3) is 0 Å². The highest BCUT2D eigenvalue weighted by Crippen LogP contribution is 2.11. The molecular weight excluding hydrogens is 306 g/mol. The van der Waals surface area contributed by atoms with E-state index >= 15 is 0 Å². The van der Waals surface area contributed by atoms with Crippen LogP contribution in [0.3, 0.4) is 0 Å². The van der Waals surface area contributed by atoms with Crippen molar-refractivity contribution in [2.24, 2.45) is 5.92 Å². The normalized spacial score (nSPS) is 15.4. The average molecular weight is 333 g/mol. The van der Waals surface area contributed by atoms with Crippen molar-refractivity contribution in [3.05, 3.63) is 29.8 Å². The zero-order chi connectivity index (χ0) is 17.5. The van der Waals surface area contributed by atoms with Gasteiger partial charge in [0, 0.05) is 38.6 Å². The number of piperazine rings is 1. The fraction of sp³-hybridized carbons (Fsp3) is 0.556. The van der Waals surface area contributed by atoms with E-state index in [1.165, 1.54) is 0 Å². The quantitative estimate of drug-likeness (QED) is 0.847. The van der Waals surface area contributed by atoms with Crippen LogP contribution >= 0.6 is 0 Å². The second-order valence-electron chi connectivity index (χ2n) is 6.38. The van der Waals surface area contributed by atoms with E-state index in [0.29, 0.717) is 26.2 Å². The molecule has 0 aliphatic carbocycles. The predicted octanol–water partition coefficient (Wildman–Crippen LogP) is 1.11. The largest absolute Gasteiger partial charge is 0.497 e. The van der Waals surface area contributed by atoms with Crippen molar-refractivity contribution in [1.82, 2.24) is 15.1 Å². The van der Waals surface area contributed by atoms with E-state index in [0.717, 1.165) is 24.4 Å². The van der Waals surface area contributed by atoms with Gasteiger partial charge in [0.05, 0.1) is 13.7 Å². The third kappa shape index (κ3) is 5.23. The van der Waals surface area contributed by atoms with Crippen LogP contribution in [0.2, 0.25) is 0 Å². The van der Waals surface area contributed by atoms with Gasteiger partial charge < -0.3 is 15.0 Å². The number of nitrogens with zero attached hydrogens (tertiary/aromatic N) is 2. The van der Waals surface area contributed by atoms with Crippen LogP contribution in [0.4, 0.5) is 0 Å². The second-order valence-corrected chi connectivity index (χ2v) is 6.38. The first-order chi connectivity index (χ1) is 11.5. The SMILES string of the molecule is COc1ccc(CNC(=O)CN2CCN(C(=O)C(C)C)CC2)cc1. The molecule has 0 unspecified atom stereocenters. The summed E-state index contributed by atoms with van der Waals surface area (Å²) in [7, 11) is 1.63. The number of hydrogen-bond donors (Lipinski definition) is 1. The number of methoxy groups -OCH3 is 1. The number of nitrogens with one attached hydrogen (secondary N) is 1. The maximum absolute atomic E-state index is 12.1. The van der Waals surface area contributed by atoms with E-state index < -0.39 is 0 Å². The number of amides is 2. The average Bonchev–Trinajstić information content (AvgIpc) is 2.60. The molecular formula is C18H27N3O3. The first-order valence-corrected chi connectivity index (χ1v) is 8.40. The fourth-order valence-electron chi connectivity index (χ4n) is 2.69. The van der Waals surface area contributed by atoms with Crippen molar-refractivity contribution in [3.8, 4) is 5.75 Å². The van der Waals surface area contributed by atoms with Crippen LogP contribution in [0, 0.1) is 5.92 Å². The minimum atomic E-state index is 0.00875. The van der Waals surface area contributed by atoms with Crippen LogP contribution < -0.4 is 10.1 Å². The lowest BCUT2D eigenvalue weighted by Gasteiger charge is -2.35. The molecule has 132 valence electrons. The Labute approximate surface area is 143 Å². The lowest BCUT2D eigenvalue weighted by Crippen LogP contribution is -2.51. The number of carbonyl (C=O) groups is 2. The summed E-state index contributed by atoms with van der Waals surface area (Å²) in [5, 5.41) is 2.93. The maximum atomic E-state index is 12.1. The highest BCUT2D eigenvalue weighted by atomic mass is 16.5. The Balaban J connectivity index is 1.70. The first kappa shape index (κ1) is 18.3. The predicted molar refractivity (Wildman–Crippen MR) is 92.7 cm³/mol. The molecule has 1 saturated heterocycles. The molecule has 0 aromatic heterocycles. The van der Waals surface area contributed by atoms with E-state index in [1.807, 2.05) is 43.0 Å². The van der Waals surface area contributed by atoms with Crippen LogP contribution in [0.15, 0.2) is 24.3 Å². The molecule has 1 aromatic carbocycles. The molecule has 0 bridgehead atoms. The van der Waals surface area contributed by atoms with Crippen molar-refractivity contribution in [1.29, 1.82) is 0 Å². The first-order valence-electron chi connectivity index (χ1n) is 8.40. The Morgan fingerprint density at radius 2 is 1.75 bits per heavy atom. The Morgan fingerprint density at radius 3 is 2.29 bits per heavy atom. The molecule has 2 amide bonds. The smallest absolute Gasteiger partial charge is 0.234 e. The van der Waals surface area contributed by atoms with Crippen LogP contribution in [0.25, 0.3) is 0 Å². The number of rotatable bonds is 6. The minimum Gasteiger partial charge on any atom is -0.497 e. The molecule has 1 fully saturated rings. The summed E-state index contributed by atoms with van der Waals surface area (Å²) in [4.78, 5) is 28.0. The summed E-state index contributed by atoms with van der Waals surface area (Å²) in [6.07, 6.45) is 0. The third-order valence-corrected chi connectivity index (χ3v) is 4.19. The molecule has 0 atom stereocenters. The number of ether oxygens (including phenoxy) is 1. The van der Waals surface area contributed by atoms with Gasteiger partial charge in [0.1, 0.15) is 5.75 Å². The maximum Gasteiger partial charge on any atom is 0.234 e. The van der Waals surface area contributed by atoms with Crippen LogP contribution in [0.1, 0.15) is 19.4 Å². The summed E-state index contributed by atoms with van der Waals surface area (Å²) >= 11 is 0. The summed E-state index contributed by atoms with van der Waals surface area (Å²) in [5.74, 6) is 1.04. The molecule has 1 aromatic rings. The van der Waals surface area contributed by atoms with Gasteiger partial charge in [0.2, 0.25) is 11.8 Å². The van der Waals surface area contributed by atoms with Gasteiger partial charge in [-0.25, -0.2) is 0 Å². The highest BCUT2D eigenvalue weighted by Gasteiger charge is 2.23. The molecule has 24 heavy (non-hydrogen) atoms. The fourth-order valence-corrected chi connectivity index (χ4v) is 2.69. The van der Waals surface area contributed by atoms with Crippen molar-refractivity contribution in [2.75, 3.05) is 39.8 Å². The van der Waals surface area contributed by atoms with Gasteiger partial charge in [-0.1, -0.05) is 26.0 Å². The van der Waals surface area contributed by atoms with Crippen LogP contribution in [0.5, 0.6) is 5.75 Å². The Hall–Kier alpha value is -2.08. The molecule has 6 heteroatoms. The van der Waals surface area contributed by atoms with Gasteiger partial charge in [-0.15, -0.1) is 0 Å². The lowest BCUT2D eigenvalue weighted by atomic mass is 10.1. The summed E-state index contributed by atoms with van der Waals surface area (Å²) < 4.78 is 5.11. The molecule has 0 spiro atoms. The molecule has 1 N–H and O–H groups in total. The van der Waals surface area contributed by atoms with Crippen LogP contribution in [-0.2, 0) is 16.1 Å². The van der Waals surface area contributed by atoms with E-state index in [-0.39, 0.29) is 17.7 Å². The van der Waals surface area contributed by atoms with Gasteiger partial charge in [0.15, 0.2) is 0 Å². The molecule has 0 saturated carbocycles. The Bertz CT molecular complexity index is 549. The topological polar surface area (TPSA) is 61.9 Å². The van der Waals surface area contributed by atoms with Gasteiger partial charge in [-0.05, 0) is 17.7 Å². The molecule has 1 heterocycles. The zero-order valence-electron chi connectivity index (χ0n) is 14.7. The zero-order valence-corrected chi connectivity index (χ0v) is 14.7.